The number of nitrogens with zero attached hydrogens (tertiary/aromatic N) is 2. The minimum atomic E-state index is -0.150. The molecule has 1 aliphatic carbocycles. The fourth-order valence-corrected chi connectivity index (χ4v) is 5.28. The summed E-state index contributed by atoms with van der Waals surface area (Å²) >= 11 is 0. The van der Waals surface area contributed by atoms with Gasteiger partial charge in [0.1, 0.15) is 5.82 Å². The van der Waals surface area contributed by atoms with E-state index in [2.05, 4.69) is 59.3 Å². The average molecular weight is 403 g/mol. The first kappa shape index (κ1) is 19.2. The summed E-state index contributed by atoms with van der Waals surface area (Å²) in [5.41, 5.74) is 11.8. The van der Waals surface area contributed by atoms with Crippen LogP contribution < -0.4 is 11.1 Å². The van der Waals surface area contributed by atoms with E-state index in [0.29, 0.717) is 12.1 Å². The lowest BCUT2D eigenvalue weighted by molar-refractivity contribution is -0.122. The number of carbonyl (C=O) groups excluding carboxylic acids is 1. The molecule has 0 saturated heterocycles. The van der Waals surface area contributed by atoms with E-state index in [1.165, 1.54) is 22.3 Å². The Bertz CT molecular complexity index is 1060. The van der Waals surface area contributed by atoms with Gasteiger partial charge < -0.3 is 15.6 Å². The monoisotopic (exact) mass is 402 g/mol. The van der Waals surface area contributed by atoms with E-state index < -0.39 is 0 Å². The van der Waals surface area contributed by atoms with Crippen molar-refractivity contribution in [2.75, 3.05) is 5.32 Å². The third-order valence-corrected chi connectivity index (χ3v) is 6.94. The maximum atomic E-state index is 11.7. The molecule has 3 aromatic rings. The van der Waals surface area contributed by atoms with E-state index in [1.807, 2.05) is 0 Å². The smallest absolute Gasteiger partial charge is 0.220 e. The van der Waals surface area contributed by atoms with Crippen molar-refractivity contribution in [2.24, 2.45) is 11.7 Å². The Morgan fingerprint density at radius 1 is 1.10 bits per heavy atom. The molecule has 156 valence electrons. The summed E-state index contributed by atoms with van der Waals surface area (Å²) in [5.74, 6) is 1.00. The zero-order valence-corrected chi connectivity index (χ0v) is 17.6. The molecular weight excluding hydrogens is 372 g/mol. The van der Waals surface area contributed by atoms with Gasteiger partial charge in [-0.3, -0.25) is 4.79 Å². The number of nitrogens with two attached hydrogens (primary N) is 1. The number of primary amides is 1. The van der Waals surface area contributed by atoms with E-state index in [4.69, 9.17) is 10.7 Å². The minimum absolute atomic E-state index is 0.0204. The molecule has 2 aromatic carbocycles. The lowest BCUT2D eigenvalue weighted by atomic mass is 9.85. The molecule has 5 rings (SSSR count). The highest BCUT2D eigenvalue weighted by atomic mass is 16.1. The third kappa shape index (κ3) is 3.47. The largest absolute Gasteiger partial charge is 0.382 e. The Kier molecular flexibility index (Phi) is 4.97. The standard InChI is InChI=1S/C25H30N4O/c1-16-7-12-20-21(27-16)13-14-22-24(20)28-23(15-17-5-3-2-4-6-17)29(22)19-10-8-18(9-11-19)25(26)30/h2-6,13-14,16,18-19,27H,7-12,15H2,1H3,(H2,26,30)/t16-,18?,19?/m0/s1. The number of aromatic nitrogens is 2. The molecule has 5 nitrogen and oxygen atoms in total. The first-order valence-electron chi connectivity index (χ1n) is 11.2. The summed E-state index contributed by atoms with van der Waals surface area (Å²) in [5, 5.41) is 3.63. The second kappa shape index (κ2) is 7.78. The predicted molar refractivity (Wildman–Crippen MR) is 121 cm³/mol. The van der Waals surface area contributed by atoms with Crippen LogP contribution in [0.1, 0.15) is 62.0 Å². The number of hydrogen-bond donors (Lipinski definition) is 2. The van der Waals surface area contributed by atoms with Crippen LogP contribution in [0, 0.1) is 5.92 Å². The van der Waals surface area contributed by atoms with E-state index >= 15 is 0 Å². The van der Waals surface area contributed by atoms with Gasteiger partial charge in [0.2, 0.25) is 5.91 Å². The Morgan fingerprint density at radius 2 is 1.87 bits per heavy atom. The molecule has 2 heterocycles. The van der Waals surface area contributed by atoms with Crippen LogP contribution in [0.25, 0.3) is 11.0 Å². The molecule has 30 heavy (non-hydrogen) atoms. The maximum absolute atomic E-state index is 11.7. The summed E-state index contributed by atoms with van der Waals surface area (Å²) < 4.78 is 2.47. The number of rotatable bonds is 4. The zero-order valence-electron chi connectivity index (χ0n) is 17.6. The van der Waals surface area contributed by atoms with Crippen LogP contribution in [0.5, 0.6) is 0 Å². The molecule has 1 amide bonds. The van der Waals surface area contributed by atoms with Gasteiger partial charge in [0.15, 0.2) is 0 Å². The number of hydrogen-bond acceptors (Lipinski definition) is 3. The number of anilines is 1. The lowest BCUT2D eigenvalue weighted by Crippen LogP contribution is -2.29. The van der Waals surface area contributed by atoms with Crippen LogP contribution in [-0.4, -0.2) is 21.5 Å². The van der Waals surface area contributed by atoms with E-state index in [1.54, 1.807) is 0 Å². The van der Waals surface area contributed by atoms with E-state index in [0.717, 1.165) is 56.3 Å². The second-order valence-electron chi connectivity index (χ2n) is 9.01. The molecule has 3 N–H and O–H groups in total. The van der Waals surface area contributed by atoms with Crippen LogP contribution in [0.3, 0.4) is 0 Å². The van der Waals surface area contributed by atoms with Crippen LogP contribution in [-0.2, 0) is 17.6 Å². The van der Waals surface area contributed by atoms with Gasteiger partial charge in [0, 0.05) is 35.7 Å². The van der Waals surface area contributed by atoms with Gasteiger partial charge in [-0.1, -0.05) is 30.3 Å². The molecule has 1 saturated carbocycles. The SMILES string of the molecule is C[C@H]1CCc2c(ccc3c2nc(Cc2ccccc2)n3C2CCC(C(N)=O)CC2)N1. The molecule has 5 heteroatoms. The van der Waals surface area contributed by atoms with Crippen molar-refractivity contribution in [1.82, 2.24) is 9.55 Å². The molecule has 1 aliphatic heterocycles. The Hall–Kier alpha value is -2.82. The zero-order chi connectivity index (χ0) is 20.7. The number of fused-ring (bicyclic) bond motifs is 3. The molecule has 1 aromatic heterocycles. The van der Waals surface area contributed by atoms with Gasteiger partial charge >= 0.3 is 0 Å². The van der Waals surface area contributed by atoms with Gasteiger partial charge in [-0.15, -0.1) is 0 Å². The van der Waals surface area contributed by atoms with Gasteiger partial charge in [-0.05, 0) is 63.1 Å². The number of benzene rings is 2. The van der Waals surface area contributed by atoms with Gasteiger partial charge in [-0.25, -0.2) is 4.98 Å². The Morgan fingerprint density at radius 3 is 2.60 bits per heavy atom. The number of carbonyl (C=O) groups is 1. The lowest BCUT2D eigenvalue weighted by Gasteiger charge is -2.29. The normalized spacial score (nSPS) is 23.7. The minimum Gasteiger partial charge on any atom is -0.382 e. The van der Waals surface area contributed by atoms with Crippen LogP contribution in [0.4, 0.5) is 5.69 Å². The second-order valence-corrected chi connectivity index (χ2v) is 9.01. The van der Waals surface area contributed by atoms with Crippen molar-refractivity contribution in [3.63, 3.8) is 0 Å². The fraction of sp³-hybridized carbons (Fsp3) is 0.440. The van der Waals surface area contributed by atoms with Gasteiger partial charge in [0.05, 0.1) is 11.0 Å². The first-order chi connectivity index (χ1) is 14.6. The van der Waals surface area contributed by atoms with Crippen LogP contribution >= 0.6 is 0 Å². The van der Waals surface area contributed by atoms with Crippen molar-refractivity contribution in [3.05, 3.63) is 59.4 Å². The summed E-state index contributed by atoms with van der Waals surface area (Å²) in [6.45, 7) is 2.24. The molecule has 0 bridgehead atoms. The quantitative estimate of drug-likeness (QED) is 0.670. The number of aryl methyl sites for hydroxylation is 1. The summed E-state index contributed by atoms with van der Waals surface area (Å²) in [6, 6.07) is 15.9. The number of nitrogens with one attached hydrogen (secondary N) is 1. The van der Waals surface area contributed by atoms with Crippen molar-refractivity contribution < 1.29 is 4.79 Å². The molecule has 1 fully saturated rings. The van der Waals surface area contributed by atoms with Crippen molar-refractivity contribution >= 4 is 22.6 Å². The predicted octanol–water partition coefficient (Wildman–Crippen LogP) is 4.59. The topological polar surface area (TPSA) is 72.9 Å². The fourth-order valence-electron chi connectivity index (χ4n) is 5.28. The molecule has 1 atom stereocenters. The molecular formula is C25H30N4O. The Balaban J connectivity index is 1.58. The van der Waals surface area contributed by atoms with E-state index in [-0.39, 0.29) is 11.8 Å². The van der Waals surface area contributed by atoms with E-state index in [9.17, 15) is 4.79 Å². The van der Waals surface area contributed by atoms with Crippen molar-refractivity contribution in [2.45, 2.75) is 64.0 Å². The molecule has 0 spiro atoms. The van der Waals surface area contributed by atoms with Crippen LogP contribution in [0.2, 0.25) is 0 Å². The summed E-state index contributed by atoms with van der Waals surface area (Å²) in [4.78, 5) is 16.9. The highest BCUT2D eigenvalue weighted by Crippen LogP contribution is 2.38. The van der Waals surface area contributed by atoms with Crippen molar-refractivity contribution in [3.8, 4) is 0 Å². The van der Waals surface area contributed by atoms with Crippen LogP contribution in [0.15, 0.2) is 42.5 Å². The number of imidazole rings is 1. The average Bonchev–Trinajstić information content (AvgIpc) is 3.12. The summed E-state index contributed by atoms with van der Waals surface area (Å²) in [7, 11) is 0. The maximum Gasteiger partial charge on any atom is 0.220 e. The van der Waals surface area contributed by atoms with Gasteiger partial charge in [0.25, 0.3) is 0 Å². The third-order valence-electron chi connectivity index (χ3n) is 6.94. The summed E-state index contributed by atoms with van der Waals surface area (Å²) in [6.07, 6.45) is 6.72. The Labute approximate surface area is 177 Å². The molecule has 2 aliphatic rings. The highest BCUT2D eigenvalue weighted by Gasteiger charge is 2.29. The molecule has 0 unspecified atom stereocenters. The molecule has 0 radical (unpaired) electrons. The van der Waals surface area contributed by atoms with Gasteiger partial charge in [-0.2, -0.15) is 0 Å². The highest BCUT2D eigenvalue weighted by molar-refractivity contribution is 5.86. The van der Waals surface area contributed by atoms with Crippen molar-refractivity contribution in [1.29, 1.82) is 0 Å². The first-order valence-corrected chi connectivity index (χ1v) is 11.2. The number of amides is 1.